The predicted molar refractivity (Wildman–Crippen MR) is 64.5 cm³/mol. The average Bonchev–Trinajstić information content (AvgIpc) is 2.29. The van der Waals surface area contributed by atoms with E-state index in [-0.39, 0.29) is 6.04 Å². The number of nitrogens with one attached hydrogen (secondary N) is 1. The minimum absolute atomic E-state index is 0.295. The van der Waals surface area contributed by atoms with Crippen molar-refractivity contribution in [2.75, 3.05) is 6.61 Å². The molecule has 1 aromatic carbocycles. The summed E-state index contributed by atoms with van der Waals surface area (Å²) < 4.78 is 5.58. The Morgan fingerprint density at radius 1 is 1.39 bits per heavy atom. The molecule has 1 aromatic rings. The zero-order chi connectivity index (χ0) is 13.3. The van der Waals surface area contributed by atoms with Gasteiger partial charge < -0.3 is 15.2 Å². The molecule has 96 valence electrons. The maximum absolute atomic E-state index is 11.2. The van der Waals surface area contributed by atoms with Crippen LogP contribution in [-0.2, 0) is 9.59 Å². The number of aryl methyl sites for hydroxylation is 2. The van der Waals surface area contributed by atoms with Gasteiger partial charge in [-0.2, -0.15) is 0 Å². The molecule has 5 heteroatoms. The Balaban J connectivity index is 2.33. The highest BCUT2D eigenvalue weighted by atomic mass is 16.5. The van der Waals surface area contributed by atoms with Crippen LogP contribution in [-0.4, -0.2) is 23.6 Å². The Morgan fingerprint density at radius 2 is 2.11 bits per heavy atom. The lowest BCUT2D eigenvalue weighted by atomic mass is 9.95. The van der Waals surface area contributed by atoms with E-state index in [0.717, 1.165) is 22.4 Å². The molecular weight excluding hydrogens is 234 g/mol. The normalized spacial score (nSPS) is 17.6. The van der Waals surface area contributed by atoms with Crippen LogP contribution in [0, 0.1) is 13.8 Å². The summed E-state index contributed by atoms with van der Waals surface area (Å²) in [5.74, 6) is -1.69. The number of amides is 1. The third-order valence-corrected chi connectivity index (χ3v) is 2.98. The van der Waals surface area contributed by atoms with Crippen LogP contribution in [0.1, 0.15) is 29.2 Å². The van der Waals surface area contributed by atoms with E-state index < -0.39 is 11.9 Å². The minimum Gasteiger partial charge on any atom is -0.493 e. The zero-order valence-electron chi connectivity index (χ0n) is 10.3. The number of carbonyl (C=O) groups excluding carboxylic acids is 1. The van der Waals surface area contributed by atoms with Crippen LogP contribution < -0.4 is 10.1 Å². The van der Waals surface area contributed by atoms with Gasteiger partial charge in [0.15, 0.2) is 0 Å². The molecule has 18 heavy (non-hydrogen) atoms. The topological polar surface area (TPSA) is 75.6 Å². The van der Waals surface area contributed by atoms with Crippen molar-refractivity contribution in [2.45, 2.75) is 26.3 Å². The molecule has 5 nitrogen and oxygen atoms in total. The summed E-state index contributed by atoms with van der Waals surface area (Å²) in [4.78, 5) is 21.8. The molecule has 0 fully saturated rings. The largest absolute Gasteiger partial charge is 0.493 e. The van der Waals surface area contributed by atoms with Gasteiger partial charge in [0, 0.05) is 12.0 Å². The van der Waals surface area contributed by atoms with E-state index in [1.807, 2.05) is 26.0 Å². The molecule has 0 radical (unpaired) electrons. The molecule has 0 aliphatic carbocycles. The fourth-order valence-electron chi connectivity index (χ4n) is 2.25. The van der Waals surface area contributed by atoms with Crippen molar-refractivity contribution in [3.63, 3.8) is 0 Å². The van der Waals surface area contributed by atoms with Crippen LogP contribution in [0.4, 0.5) is 0 Å². The van der Waals surface area contributed by atoms with Gasteiger partial charge in [0.25, 0.3) is 0 Å². The van der Waals surface area contributed by atoms with Gasteiger partial charge in [0.1, 0.15) is 5.75 Å². The first-order chi connectivity index (χ1) is 8.49. The average molecular weight is 249 g/mol. The fourth-order valence-corrected chi connectivity index (χ4v) is 2.25. The number of hydrogen-bond donors (Lipinski definition) is 2. The Kier molecular flexibility index (Phi) is 3.23. The number of rotatable bonds is 1. The van der Waals surface area contributed by atoms with Crippen molar-refractivity contribution in [3.8, 4) is 5.75 Å². The lowest BCUT2D eigenvalue weighted by molar-refractivity contribution is -0.150. The first-order valence-corrected chi connectivity index (χ1v) is 5.76. The SMILES string of the molecule is Cc1cc(C)c2c(c1)[C@H](NC(=O)C(=O)O)CCO2. The van der Waals surface area contributed by atoms with Gasteiger partial charge in [-0.15, -0.1) is 0 Å². The number of carboxylic acids is 1. The summed E-state index contributed by atoms with van der Waals surface area (Å²) in [6.45, 7) is 4.37. The zero-order valence-corrected chi connectivity index (χ0v) is 10.3. The monoisotopic (exact) mass is 249 g/mol. The number of aliphatic carboxylic acids is 1. The Morgan fingerprint density at radius 3 is 2.78 bits per heavy atom. The van der Waals surface area contributed by atoms with Crippen molar-refractivity contribution in [3.05, 3.63) is 28.8 Å². The molecule has 2 rings (SSSR count). The van der Waals surface area contributed by atoms with Crippen molar-refractivity contribution in [1.82, 2.24) is 5.32 Å². The lowest BCUT2D eigenvalue weighted by Gasteiger charge is -2.27. The third kappa shape index (κ3) is 2.30. The smallest absolute Gasteiger partial charge is 0.394 e. The highest BCUT2D eigenvalue weighted by Crippen LogP contribution is 2.35. The van der Waals surface area contributed by atoms with E-state index in [1.165, 1.54) is 0 Å². The molecule has 1 aliphatic heterocycles. The summed E-state index contributed by atoms with van der Waals surface area (Å²) >= 11 is 0. The van der Waals surface area contributed by atoms with Gasteiger partial charge in [-0.3, -0.25) is 4.79 Å². The van der Waals surface area contributed by atoms with E-state index in [1.54, 1.807) is 0 Å². The van der Waals surface area contributed by atoms with Crippen molar-refractivity contribution in [2.24, 2.45) is 0 Å². The quantitative estimate of drug-likeness (QED) is 0.736. The first-order valence-electron chi connectivity index (χ1n) is 5.76. The minimum atomic E-state index is -1.47. The second kappa shape index (κ2) is 4.68. The number of ether oxygens (including phenoxy) is 1. The Bertz CT molecular complexity index is 510. The van der Waals surface area contributed by atoms with Crippen LogP contribution in [0.3, 0.4) is 0 Å². The molecule has 0 unspecified atom stereocenters. The highest BCUT2D eigenvalue weighted by molar-refractivity contribution is 6.31. The van der Waals surface area contributed by atoms with E-state index >= 15 is 0 Å². The fraction of sp³-hybridized carbons (Fsp3) is 0.385. The molecular formula is C13H15NO4. The van der Waals surface area contributed by atoms with Crippen LogP contribution in [0.5, 0.6) is 5.75 Å². The first kappa shape index (κ1) is 12.4. The molecule has 1 amide bonds. The van der Waals surface area contributed by atoms with Crippen LogP contribution in [0.25, 0.3) is 0 Å². The van der Waals surface area contributed by atoms with E-state index in [9.17, 15) is 9.59 Å². The molecule has 0 saturated heterocycles. The summed E-state index contributed by atoms with van der Waals surface area (Å²) in [5.41, 5.74) is 2.92. The Labute approximate surface area is 105 Å². The van der Waals surface area contributed by atoms with Gasteiger partial charge in [0.2, 0.25) is 0 Å². The van der Waals surface area contributed by atoms with E-state index in [4.69, 9.17) is 9.84 Å². The van der Waals surface area contributed by atoms with Crippen molar-refractivity contribution in [1.29, 1.82) is 0 Å². The lowest BCUT2D eigenvalue weighted by Crippen LogP contribution is -2.36. The van der Waals surface area contributed by atoms with Gasteiger partial charge in [-0.1, -0.05) is 17.7 Å². The van der Waals surface area contributed by atoms with E-state index in [2.05, 4.69) is 5.32 Å². The van der Waals surface area contributed by atoms with Gasteiger partial charge in [-0.25, -0.2) is 4.79 Å². The summed E-state index contributed by atoms with van der Waals surface area (Å²) in [6.07, 6.45) is 0.578. The number of hydrogen-bond acceptors (Lipinski definition) is 3. The van der Waals surface area contributed by atoms with Crippen LogP contribution in [0.2, 0.25) is 0 Å². The highest BCUT2D eigenvalue weighted by Gasteiger charge is 2.26. The summed E-state index contributed by atoms with van der Waals surface area (Å²) in [5, 5.41) is 11.1. The molecule has 2 N–H and O–H groups in total. The summed E-state index contributed by atoms with van der Waals surface area (Å²) in [6, 6.07) is 3.63. The second-order valence-corrected chi connectivity index (χ2v) is 4.47. The molecule has 0 spiro atoms. The molecule has 1 atom stereocenters. The summed E-state index contributed by atoms with van der Waals surface area (Å²) in [7, 11) is 0. The third-order valence-electron chi connectivity index (χ3n) is 2.98. The van der Waals surface area contributed by atoms with Crippen LogP contribution in [0.15, 0.2) is 12.1 Å². The second-order valence-electron chi connectivity index (χ2n) is 4.47. The molecule has 1 heterocycles. The number of fused-ring (bicyclic) bond motifs is 1. The van der Waals surface area contributed by atoms with Gasteiger partial charge >= 0.3 is 11.9 Å². The Hall–Kier alpha value is -2.04. The maximum Gasteiger partial charge on any atom is 0.394 e. The molecule has 0 aromatic heterocycles. The van der Waals surface area contributed by atoms with Crippen molar-refractivity contribution >= 4 is 11.9 Å². The maximum atomic E-state index is 11.2. The van der Waals surface area contributed by atoms with Crippen molar-refractivity contribution < 1.29 is 19.4 Å². The number of benzene rings is 1. The molecule has 1 aliphatic rings. The number of carboxylic acid groups (broad SMARTS) is 1. The standard InChI is InChI=1S/C13H15NO4/c1-7-5-8(2)11-9(6-7)10(3-4-18-11)14-12(15)13(16)17/h5-6,10H,3-4H2,1-2H3,(H,14,15)(H,16,17)/t10-/m1/s1. The van der Waals surface area contributed by atoms with E-state index in [0.29, 0.717) is 13.0 Å². The van der Waals surface area contributed by atoms with Crippen LogP contribution >= 0.6 is 0 Å². The molecule has 0 bridgehead atoms. The number of carbonyl (C=O) groups is 2. The van der Waals surface area contributed by atoms with Gasteiger partial charge in [-0.05, 0) is 19.4 Å². The molecule has 0 saturated carbocycles. The predicted octanol–water partition coefficient (Wildman–Crippen LogP) is 1.33. The van der Waals surface area contributed by atoms with Gasteiger partial charge in [0.05, 0.1) is 12.6 Å².